The van der Waals surface area contributed by atoms with Crippen LogP contribution in [0.25, 0.3) is 0 Å². The average molecular weight is 601 g/mol. The van der Waals surface area contributed by atoms with E-state index in [0.29, 0.717) is 0 Å². The number of hydrogen-bond donors (Lipinski definition) is 2. The second-order valence-electron chi connectivity index (χ2n) is 8.53. The van der Waals surface area contributed by atoms with E-state index < -0.39 is 32.5 Å². The number of pyridine rings is 1. The van der Waals surface area contributed by atoms with E-state index in [2.05, 4.69) is 15.0 Å². The zero-order valence-corrected chi connectivity index (χ0v) is 23.8. The Morgan fingerprint density at radius 2 is 1.60 bits per heavy atom. The Bertz CT molecular complexity index is 1720. The second-order valence-corrected chi connectivity index (χ2v) is 12.5. The van der Waals surface area contributed by atoms with Gasteiger partial charge in [-0.15, -0.1) is 0 Å². The van der Waals surface area contributed by atoms with Crippen LogP contribution in [0.15, 0.2) is 101 Å². The van der Waals surface area contributed by atoms with Crippen LogP contribution in [0, 0.1) is 6.92 Å². The maximum Gasteiger partial charge on any atom is 0.264 e. The van der Waals surface area contributed by atoms with Gasteiger partial charge < -0.3 is 10.1 Å². The Hall–Kier alpha value is -4.13. The number of halogens is 1. The highest BCUT2D eigenvalue weighted by Crippen LogP contribution is 2.35. The number of amides is 1. The van der Waals surface area contributed by atoms with E-state index in [1.807, 2.05) is 6.92 Å². The molecule has 0 bridgehead atoms. The quantitative estimate of drug-likeness (QED) is 0.270. The van der Waals surface area contributed by atoms with Crippen molar-refractivity contribution in [3.63, 3.8) is 0 Å². The first-order chi connectivity index (χ1) is 19.0. The molecule has 1 heterocycles. The number of sulfonamides is 2. The van der Waals surface area contributed by atoms with E-state index in [-0.39, 0.29) is 37.8 Å². The highest BCUT2D eigenvalue weighted by Gasteiger charge is 2.30. The molecule has 4 aromatic rings. The van der Waals surface area contributed by atoms with Gasteiger partial charge in [-0.05, 0) is 73.7 Å². The zero-order chi connectivity index (χ0) is 28.9. The van der Waals surface area contributed by atoms with Gasteiger partial charge >= 0.3 is 0 Å². The summed E-state index contributed by atoms with van der Waals surface area (Å²) in [6, 6.07) is 20.9. The molecule has 10 nitrogen and oxygen atoms in total. The fourth-order valence-electron chi connectivity index (χ4n) is 3.66. The first kappa shape index (κ1) is 28.9. The molecular formula is C27H25ClN4O6S2. The lowest BCUT2D eigenvalue weighted by atomic mass is 10.2. The standard InChI is InChI=1S/C27H25ClN4O6S2/c1-19-6-11-23(12-7-19)40(36,37)32(24-17-20(28)8-15-25(24)38-2)18-27(33)30-21-9-13-22(14-10-21)39(34,35)31-26-5-3-4-16-29-26/h3-17H,18H2,1-2H3,(H,29,31)(H,30,33). The third-order valence-electron chi connectivity index (χ3n) is 5.66. The monoisotopic (exact) mass is 600 g/mol. The zero-order valence-electron chi connectivity index (χ0n) is 21.4. The summed E-state index contributed by atoms with van der Waals surface area (Å²) in [5.74, 6) is -0.325. The molecule has 2 N–H and O–H groups in total. The molecule has 0 saturated carbocycles. The van der Waals surface area contributed by atoms with Crippen LogP contribution in [0.3, 0.4) is 0 Å². The van der Waals surface area contributed by atoms with Crippen LogP contribution in [0.5, 0.6) is 5.75 Å². The number of anilines is 3. The average Bonchev–Trinajstić information content (AvgIpc) is 2.92. The van der Waals surface area contributed by atoms with Crippen molar-refractivity contribution in [3.05, 3.63) is 102 Å². The van der Waals surface area contributed by atoms with Crippen LogP contribution in [0.1, 0.15) is 5.56 Å². The molecule has 0 radical (unpaired) electrons. The number of hydrogen-bond acceptors (Lipinski definition) is 7. The smallest absolute Gasteiger partial charge is 0.264 e. The number of benzene rings is 3. The van der Waals surface area contributed by atoms with E-state index in [1.54, 1.807) is 30.3 Å². The molecule has 0 spiro atoms. The van der Waals surface area contributed by atoms with Crippen molar-refractivity contribution in [1.29, 1.82) is 0 Å². The predicted molar refractivity (Wildman–Crippen MR) is 154 cm³/mol. The van der Waals surface area contributed by atoms with Gasteiger partial charge in [0.15, 0.2) is 0 Å². The molecule has 208 valence electrons. The van der Waals surface area contributed by atoms with Crippen molar-refractivity contribution in [3.8, 4) is 5.75 Å². The summed E-state index contributed by atoms with van der Waals surface area (Å²) in [4.78, 5) is 17.0. The first-order valence-corrected chi connectivity index (χ1v) is 15.1. The predicted octanol–water partition coefficient (Wildman–Crippen LogP) is 4.69. The number of rotatable bonds is 10. The minimum Gasteiger partial charge on any atom is -0.495 e. The van der Waals surface area contributed by atoms with Gasteiger partial charge in [0.05, 0.1) is 22.6 Å². The highest BCUT2D eigenvalue weighted by atomic mass is 35.5. The Balaban J connectivity index is 1.59. The van der Waals surface area contributed by atoms with Crippen LogP contribution in [0.2, 0.25) is 5.02 Å². The van der Waals surface area contributed by atoms with Gasteiger partial charge in [0.1, 0.15) is 18.1 Å². The largest absolute Gasteiger partial charge is 0.495 e. The third-order valence-corrected chi connectivity index (χ3v) is 9.04. The maximum absolute atomic E-state index is 13.7. The van der Waals surface area contributed by atoms with E-state index >= 15 is 0 Å². The minimum absolute atomic E-state index is 0.0251. The van der Waals surface area contributed by atoms with Crippen molar-refractivity contribution in [2.45, 2.75) is 16.7 Å². The summed E-state index contributed by atoms with van der Waals surface area (Å²) in [7, 11) is -6.76. The van der Waals surface area contributed by atoms with E-state index in [4.69, 9.17) is 16.3 Å². The molecule has 1 amide bonds. The van der Waals surface area contributed by atoms with Crippen LogP contribution in [-0.2, 0) is 24.8 Å². The van der Waals surface area contributed by atoms with Crippen molar-refractivity contribution < 1.29 is 26.4 Å². The minimum atomic E-state index is -4.22. The molecule has 40 heavy (non-hydrogen) atoms. The van der Waals surface area contributed by atoms with Crippen molar-refractivity contribution in [2.75, 3.05) is 28.0 Å². The normalized spacial score (nSPS) is 11.5. The lowest BCUT2D eigenvalue weighted by Gasteiger charge is -2.26. The highest BCUT2D eigenvalue weighted by molar-refractivity contribution is 7.93. The molecule has 0 aliphatic heterocycles. The van der Waals surface area contributed by atoms with Crippen LogP contribution in [-0.4, -0.2) is 41.4 Å². The van der Waals surface area contributed by atoms with Gasteiger partial charge in [0.2, 0.25) is 5.91 Å². The second kappa shape index (κ2) is 11.9. The SMILES string of the molecule is COc1ccc(Cl)cc1N(CC(=O)Nc1ccc(S(=O)(=O)Nc2ccccn2)cc1)S(=O)(=O)c1ccc(C)cc1. The fraction of sp³-hybridized carbons (Fsp3) is 0.111. The fourth-order valence-corrected chi connectivity index (χ4v) is 6.26. The van der Waals surface area contributed by atoms with Crippen LogP contribution < -0.4 is 19.1 Å². The van der Waals surface area contributed by atoms with Gasteiger partial charge in [-0.2, -0.15) is 0 Å². The molecular weight excluding hydrogens is 576 g/mol. The summed E-state index contributed by atoms with van der Waals surface area (Å²) < 4.78 is 61.3. The molecule has 4 rings (SSSR count). The molecule has 1 aromatic heterocycles. The molecule has 13 heteroatoms. The molecule has 0 fully saturated rings. The van der Waals surface area contributed by atoms with Gasteiger partial charge in [-0.1, -0.05) is 35.4 Å². The molecule has 0 aliphatic carbocycles. The number of nitrogens with one attached hydrogen (secondary N) is 2. The topological polar surface area (TPSA) is 135 Å². The van der Waals surface area contributed by atoms with Crippen molar-refractivity contribution >= 4 is 54.7 Å². The number of ether oxygens (including phenoxy) is 1. The Morgan fingerprint density at radius 1 is 0.925 bits per heavy atom. The molecule has 3 aromatic carbocycles. The summed E-state index contributed by atoms with van der Waals surface area (Å²) in [5, 5.41) is 2.86. The number of carbonyl (C=O) groups excluding carboxylic acids is 1. The van der Waals surface area contributed by atoms with E-state index in [9.17, 15) is 21.6 Å². The third kappa shape index (κ3) is 6.71. The number of aryl methyl sites for hydroxylation is 1. The number of methoxy groups -OCH3 is 1. The van der Waals surface area contributed by atoms with Crippen molar-refractivity contribution in [1.82, 2.24) is 4.98 Å². The first-order valence-electron chi connectivity index (χ1n) is 11.8. The molecule has 0 aliphatic rings. The Kier molecular flexibility index (Phi) is 8.62. The lowest BCUT2D eigenvalue weighted by Crippen LogP contribution is -2.38. The lowest BCUT2D eigenvalue weighted by molar-refractivity contribution is -0.114. The van der Waals surface area contributed by atoms with Gasteiger partial charge in [-0.25, -0.2) is 21.8 Å². The molecule has 0 saturated heterocycles. The summed E-state index contributed by atoms with van der Waals surface area (Å²) in [6.07, 6.45) is 1.46. The number of nitrogens with zero attached hydrogens (tertiary/aromatic N) is 2. The van der Waals surface area contributed by atoms with E-state index in [1.165, 1.54) is 67.9 Å². The van der Waals surface area contributed by atoms with Crippen molar-refractivity contribution in [2.24, 2.45) is 0 Å². The Morgan fingerprint density at radius 3 is 2.23 bits per heavy atom. The summed E-state index contributed by atoms with van der Waals surface area (Å²) in [6.45, 7) is 1.21. The summed E-state index contributed by atoms with van der Waals surface area (Å²) in [5.41, 5.74) is 1.20. The summed E-state index contributed by atoms with van der Waals surface area (Å²) >= 11 is 6.17. The maximum atomic E-state index is 13.7. The number of aromatic nitrogens is 1. The Labute approximate surface area is 237 Å². The molecule has 0 unspecified atom stereocenters. The van der Waals surface area contributed by atoms with Gasteiger partial charge in [0.25, 0.3) is 20.0 Å². The van der Waals surface area contributed by atoms with Crippen LogP contribution in [0.4, 0.5) is 17.2 Å². The van der Waals surface area contributed by atoms with Gasteiger partial charge in [-0.3, -0.25) is 13.8 Å². The van der Waals surface area contributed by atoms with Gasteiger partial charge in [0, 0.05) is 16.9 Å². The molecule has 0 atom stereocenters. The van der Waals surface area contributed by atoms with Crippen LogP contribution >= 0.6 is 11.6 Å². The number of carbonyl (C=O) groups is 1. The van der Waals surface area contributed by atoms with E-state index in [0.717, 1.165) is 9.87 Å².